The van der Waals surface area contributed by atoms with Crippen molar-refractivity contribution in [3.8, 4) is 11.1 Å². The van der Waals surface area contributed by atoms with Crippen LogP contribution < -0.4 is 15.5 Å². The van der Waals surface area contributed by atoms with Gasteiger partial charge in [0.2, 0.25) is 11.8 Å². The van der Waals surface area contributed by atoms with Gasteiger partial charge in [-0.1, -0.05) is 45.4 Å². The topological polar surface area (TPSA) is 78.5 Å². The Labute approximate surface area is 234 Å². The molecule has 0 fully saturated rings. The van der Waals surface area contributed by atoms with Gasteiger partial charge < -0.3 is 15.5 Å². The largest absolute Gasteiger partial charge is 0.356 e. The first-order valence-corrected chi connectivity index (χ1v) is 14.8. The smallest absolute Gasteiger partial charge is 0.251 e. The van der Waals surface area contributed by atoms with Gasteiger partial charge in [-0.05, 0) is 98.7 Å². The summed E-state index contributed by atoms with van der Waals surface area (Å²) in [6, 6.07) is 14.2. The van der Waals surface area contributed by atoms with E-state index in [1.165, 1.54) is 5.56 Å². The van der Waals surface area contributed by atoms with Crippen LogP contribution in [0.25, 0.3) is 11.1 Å². The van der Waals surface area contributed by atoms with Gasteiger partial charge in [-0.3, -0.25) is 14.4 Å². The highest BCUT2D eigenvalue weighted by Gasteiger charge is 2.26. The lowest BCUT2D eigenvalue weighted by molar-refractivity contribution is -0.125. The Balaban J connectivity index is 1.40. The Kier molecular flexibility index (Phi) is 11.6. The molecule has 2 aromatic carbocycles. The molecule has 0 bridgehead atoms. The van der Waals surface area contributed by atoms with Crippen LogP contribution in [0, 0.1) is 11.8 Å². The van der Waals surface area contributed by atoms with Gasteiger partial charge >= 0.3 is 0 Å². The summed E-state index contributed by atoms with van der Waals surface area (Å²) in [6.07, 6.45) is 7.61. The normalized spacial score (nSPS) is 15.5. The molecule has 1 aliphatic rings. The fourth-order valence-electron chi connectivity index (χ4n) is 5.37. The zero-order valence-corrected chi connectivity index (χ0v) is 24.5. The van der Waals surface area contributed by atoms with Gasteiger partial charge in [0.1, 0.15) is 0 Å². The molecule has 212 valence electrons. The SMILES string of the molecule is CCC(CCC(C)C)C(=O)NCCCCCNC(=O)c1ccc(-c2ccc3c(c2)CC[C@H](C)N3C(C)=O)cc1. The third-order valence-electron chi connectivity index (χ3n) is 7.83. The maximum Gasteiger partial charge on any atom is 0.251 e. The minimum Gasteiger partial charge on any atom is -0.356 e. The third kappa shape index (κ3) is 8.67. The van der Waals surface area contributed by atoms with E-state index in [2.05, 4.69) is 50.5 Å². The monoisotopic (exact) mass is 533 g/mol. The van der Waals surface area contributed by atoms with Crippen molar-refractivity contribution in [3.05, 3.63) is 53.6 Å². The fourth-order valence-corrected chi connectivity index (χ4v) is 5.37. The molecular weight excluding hydrogens is 486 g/mol. The summed E-state index contributed by atoms with van der Waals surface area (Å²) in [5.41, 5.74) is 5.00. The van der Waals surface area contributed by atoms with Gasteiger partial charge in [-0.2, -0.15) is 0 Å². The molecule has 1 aliphatic heterocycles. The molecule has 39 heavy (non-hydrogen) atoms. The second kappa shape index (κ2) is 14.9. The summed E-state index contributed by atoms with van der Waals surface area (Å²) >= 11 is 0. The van der Waals surface area contributed by atoms with Crippen molar-refractivity contribution >= 4 is 23.4 Å². The molecule has 0 saturated heterocycles. The van der Waals surface area contributed by atoms with Crippen molar-refractivity contribution in [2.45, 2.75) is 92.0 Å². The molecule has 2 atom stereocenters. The van der Waals surface area contributed by atoms with Crippen molar-refractivity contribution in [3.63, 3.8) is 0 Å². The second-order valence-corrected chi connectivity index (χ2v) is 11.4. The Morgan fingerprint density at radius 2 is 1.59 bits per heavy atom. The first-order chi connectivity index (χ1) is 18.7. The molecule has 3 amide bonds. The average Bonchev–Trinajstić information content (AvgIpc) is 2.92. The summed E-state index contributed by atoms with van der Waals surface area (Å²) < 4.78 is 0. The predicted molar refractivity (Wildman–Crippen MR) is 160 cm³/mol. The lowest BCUT2D eigenvalue weighted by Gasteiger charge is -2.34. The summed E-state index contributed by atoms with van der Waals surface area (Å²) in [5.74, 6) is 0.932. The van der Waals surface area contributed by atoms with Gasteiger partial charge in [0, 0.05) is 43.2 Å². The zero-order chi connectivity index (χ0) is 28.4. The van der Waals surface area contributed by atoms with Crippen molar-refractivity contribution < 1.29 is 14.4 Å². The van der Waals surface area contributed by atoms with E-state index in [-0.39, 0.29) is 29.7 Å². The van der Waals surface area contributed by atoms with Crippen LogP contribution in [0.15, 0.2) is 42.5 Å². The first-order valence-electron chi connectivity index (χ1n) is 14.8. The van der Waals surface area contributed by atoms with Crippen molar-refractivity contribution in [1.29, 1.82) is 0 Å². The summed E-state index contributed by atoms with van der Waals surface area (Å²) in [4.78, 5) is 39.0. The third-order valence-corrected chi connectivity index (χ3v) is 7.83. The second-order valence-electron chi connectivity index (χ2n) is 11.4. The Morgan fingerprint density at radius 3 is 2.23 bits per heavy atom. The molecule has 6 heteroatoms. The van der Waals surface area contributed by atoms with Crippen LogP contribution in [0.4, 0.5) is 5.69 Å². The molecule has 6 nitrogen and oxygen atoms in total. The number of nitrogens with zero attached hydrogens (tertiary/aromatic N) is 1. The van der Waals surface area contributed by atoms with Gasteiger partial charge in [0.15, 0.2) is 0 Å². The van der Waals surface area contributed by atoms with E-state index >= 15 is 0 Å². The standard InChI is InChI=1S/C33H47N3O3/c1-6-26(12-10-23(2)3)32(38)34-20-8-7-9-21-35-33(39)28-16-14-27(15-17-28)29-18-19-31-30(22-29)13-11-24(4)36(31)25(5)37/h14-19,22-24,26H,6-13,20-21H2,1-5H3,(H,34,38)(H,35,39)/t24-,26?/m0/s1. The molecule has 0 aliphatic carbocycles. The molecule has 0 radical (unpaired) electrons. The first kappa shape index (κ1) is 30.4. The van der Waals surface area contributed by atoms with E-state index in [0.29, 0.717) is 24.6 Å². The average molecular weight is 534 g/mol. The lowest BCUT2D eigenvalue weighted by atomic mass is 9.93. The zero-order valence-electron chi connectivity index (χ0n) is 24.5. The molecule has 2 aromatic rings. The molecule has 0 aromatic heterocycles. The van der Waals surface area contributed by atoms with Crippen LogP contribution in [0.3, 0.4) is 0 Å². The van der Waals surface area contributed by atoms with Crippen molar-refractivity contribution in [1.82, 2.24) is 10.6 Å². The molecule has 1 unspecified atom stereocenters. The van der Waals surface area contributed by atoms with E-state index in [1.54, 1.807) is 6.92 Å². The predicted octanol–water partition coefficient (Wildman–Crippen LogP) is 6.52. The molecule has 2 N–H and O–H groups in total. The van der Waals surface area contributed by atoms with Crippen LogP contribution in [0.2, 0.25) is 0 Å². The van der Waals surface area contributed by atoms with Crippen molar-refractivity contribution in [2.75, 3.05) is 18.0 Å². The number of carbonyl (C=O) groups excluding carboxylic acids is 3. The Bertz CT molecular complexity index is 1110. The summed E-state index contributed by atoms with van der Waals surface area (Å²) in [5, 5.41) is 6.09. The molecule has 0 spiro atoms. The maximum absolute atomic E-state index is 12.6. The van der Waals surface area contributed by atoms with Gasteiger partial charge in [-0.15, -0.1) is 0 Å². The van der Waals surface area contributed by atoms with E-state index in [4.69, 9.17) is 0 Å². The molecule has 1 heterocycles. The molecule has 0 saturated carbocycles. The van der Waals surface area contributed by atoms with E-state index in [1.807, 2.05) is 35.2 Å². The van der Waals surface area contributed by atoms with E-state index in [0.717, 1.165) is 68.2 Å². The van der Waals surface area contributed by atoms with Crippen molar-refractivity contribution in [2.24, 2.45) is 11.8 Å². The van der Waals surface area contributed by atoms with Gasteiger partial charge in [0.25, 0.3) is 5.91 Å². The number of hydrogen-bond acceptors (Lipinski definition) is 3. The highest BCUT2D eigenvalue weighted by molar-refractivity contribution is 5.95. The summed E-state index contributed by atoms with van der Waals surface area (Å²) in [7, 11) is 0. The number of amides is 3. The van der Waals surface area contributed by atoms with Crippen LogP contribution in [0.5, 0.6) is 0 Å². The number of fused-ring (bicyclic) bond motifs is 1. The van der Waals surface area contributed by atoms with E-state index in [9.17, 15) is 14.4 Å². The fraction of sp³-hybridized carbons (Fsp3) is 0.545. The number of carbonyl (C=O) groups is 3. The number of nitrogens with one attached hydrogen (secondary N) is 2. The number of aryl methyl sites for hydroxylation is 1. The Morgan fingerprint density at radius 1 is 0.923 bits per heavy atom. The highest BCUT2D eigenvalue weighted by Crippen LogP contribution is 2.34. The number of rotatable bonds is 13. The quantitative estimate of drug-likeness (QED) is 0.288. The number of anilines is 1. The number of hydrogen-bond donors (Lipinski definition) is 2. The van der Waals surface area contributed by atoms with Gasteiger partial charge in [-0.25, -0.2) is 0 Å². The van der Waals surface area contributed by atoms with Crippen LogP contribution in [0.1, 0.15) is 95.5 Å². The number of benzene rings is 2. The highest BCUT2D eigenvalue weighted by atomic mass is 16.2. The van der Waals surface area contributed by atoms with Crippen LogP contribution >= 0.6 is 0 Å². The Hall–Kier alpha value is -3.15. The maximum atomic E-state index is 12.6. The summed E-state index contributed by atoms with van der Waals surface area (Å²) in [6.45, 7) is 11.5. The lowest BCUT2D eigenvalue weighted by Crippen LogP contribution is -2.40. The van der Waals surface area contributed by atoms with E-state index < -0.39 is 0 Å². The minimum absolute atomic E-state index is 0.0673. The molecule has 3 rings (SSSR count). The van der Waals surface area contributed by atoms with Crippen LogP contribution in [-0.4, -0.2) is 36.9 Å². The minimum atomic E-state index is -0.0673. The number of unbranched alkanes of at least 4 members (excludes halogenated alkanes) is 2. The van der Waals surface area contributed by atoms with Crippen LogP contribution in [-0.2, 0) is 16.0 Å². The van der Waals surface area contributed by atoms with Gasteiger partial charge in [0.05, 0.1) is 0 Å². The molecular formula is C33H47N3O3.